The molecule has 0 amide bonds. The number of methoxy groups -OCH3 is 1. The normalized spacial score (nSPS) is 12.9. The highest BCUT2D eigenvalue weighted by molar-refractivity contribution is 7.99. The van der Waals surface area contributed by atoms with Crippen LogP contribution in [-0.2, 0) is 21.2 Å². The predicted octanol–water partition coefficient (Wildman–Crippen LogP) is 3.12. The Balaban J connectivity index is 2.03. The van der Waals surface area contributed by atoms with Gasteiger partial charge in [-0.05, 0) is 31.9 Å². The van der Waals surface area contributed by atoms with Crippen LogP contribution >= 0.6 is 11.8 Å². The molecule has 0 fully saturated rings. The maximum atomic E-state index is 13.8. The topological polar surface area (TPSA) is 83.3 Å². The van der Waals surface area contributed by atoms with Crippen molar-refractivity contribution in [2.75, 3.05) is 31.5 Å². The van der Waals surface area contributed by atoms with Gasteiger partial charge in [0.05, 0.1) is 12.6 Å². The summed E-state index contributed by atoms with van der Waals surface area (Å²) in [6, 6.07) is 6.17. The molecule has 7 nitrogen and oxygen atoms in total. The second-order valence-electron chi connectivity index (χ2n) is 6.48. The quantitative estimate of drug-likeness (QED) is 0.377. The molecule has 1 unspecified atom stereocenters. The minimum Gasteiger partial charge on any atom is -0.483 e. The fourth-order valence-corrected chi connectivity index (χ4v) is 4.38. The highest BCUT2D eigenvalue weighted by Crippen LogP contribution is 2.24. The smallest absolute Gasteiger partial charge is 0.191 e. The van der Waals surface area contributed by atoms with Gasteiger partial charge in [-0.2, -0.15) is 0 Å². The first-order valence-corrected chi connectivity index (χ1v) is 12.0. The van der Waals surface area contributed by atoms with Crippen LogP contribution in [0.25, 0.3) is 0 Å². The summed E-state index contributed by atoms with van der Waals surface area (Å²) in [5.41, 5.74) is 0. The molecule has 28 heavy (non-hydrogen) atoms. The molecule has 0 aliphatic carbocycles. The van der Waals surface area contributed by atoms with Crippen LogP contribution in [0.5, 0.6) is 5.75 Å². The van der Waals surface area contributed by atoms with E-state index in [0.717, 1.165) is 12.2 Å². The molecule has 0 aliphatic rings. The van der Waals surface area contributed by atoms with E-state index < -0.39 is 15.7 Å². The van der Waals surface area contributed by atoms with Crippen LogP contribution in [0.2, 0.25) is 0 Å². The van der Waals surface area contributed by atoms with Gasteiger partial charge in [-0.25, -0.2) is 12.8 Å². The van der Waals surface area contributed by atoms with Crippen LogP contribution < -0.4 is 4.74 Å². The van der Waals surface area contributed by atoms with Crippen LogP contribution in [-0.4, -0.2) is 54.7 Å². The van der Waals surface area contributed by atoms with E-state index in [1.807, 2.05) is 11.5 Å². The molecule has 156 valence electrons. The Morgan fingerprint density at radius 2 is 2.00 bits per heavy atom. The number of rotatable bonds is 12. The lowest BCUT2D eigenvalue weighted by Gasteiger charge is -2.17. The SMILES string of the molecule is COCC(C)n1c(COc2ccccc2F)nnc1SCCCCS(C)(=O)=O. The lowest BCUT2D eigenvalue weighted by molar-refractivity contribution is 0.154. The Morgan fingerprint density at radius 1 is 1.25 bits per heavy atom. The van der Waals surface area contributed by atoms with Crippen molar-refractivity contribution < 1.29 is 22.3 Å². The van der Waals surface area contributed by atoms with E-state index in [1.54, 1.807) is 25.3 Å². The van der Waals surface area contributed by atoms with E-state index in [1.165, 1.54) is 24.1 Å². The summed E-state index contributed by atoms with van der Waals surface area (Å²) < 4.78 is 48.9. The highest BCUT2D eigenvalue weighted by Gasteiger charge is 2.19. The molecule has 0 aliphatic heterocycles. The van der Waals surface area contributed by atoms with Crippen LogP contribution in [0.4, 0.5) is 4.39 Å². The van der Waals surface area contributed by atoms with E-state index in [4.69, 9.17) is 9.47 Å². The first kappa shape index (κ1) is 22.6. The van der Waals surface area contributed by atoms with Gasteiger partial charge in [0.2, 0.25) is 0 Å². The monoisotopic (exact) mass is 431 g/mol. The zero-order chi connectivity index (χ0) is 20.6. The van der Waals surface area contributed by atoms with Gasteiger partial charge < -0.3 is 9.47 Å². The molecule has 10 heteroatoms. The summed E-state index contributed by atoms with van der Waals surface area (Å²) in [6.45, 7) is 2.52. The summed E-state index contributed by atoms with van der Waals surface area (Å²) in [5, 5.41) is 9.13. The average Bonchev–Trinajstić information content (AvgIpc) is 3.03. The molecule has 1 aromatic carbocycles. The van der Waals surface area contributed by atoms with Crippen molar-refractivity contribution >= 4 is 21.6 Å². The van der Waals surface area contributed by atoms with Crippen LogP contribution in [0, 0.1) is 5.82 Å². The van der Waals surface area contributed by atoms with Crippen molar-refractivity contribution in [3.05, 3.63) is 35.9 Å². The van der Waals surface area contributed by atoms with Gasteiger partial charge in [-0.15, -0.1) is 10.2 Å². The minimum absolute atomic E-state index is 0.0299. The molecular weight excluding hydrogens is 405 g/mol. The Bertz CT molecular complexity index is 858. The van der Waals surface area contributed by atoms with Crippen molar-refractivity contribution in [1.29, 1.82) is 0 Å². The van der Waals surface area contributed by atoms with Crippen LogP contribution in [0.1, 0.15) is 31.6 Å². The number of hydrogen-bond donors (Lipinski definition) is 0. The van der Waals surface area contributed by atoms with E-state index >= 15 is 0 Å². The number of para-hydroxylation sites is 1. The Labute approximate surface area is 169 Å². The van der Waals surface area contributed by atoms with Gasteiger partial charge in [-0.3, -0.25) is 4.57 Å². The van der Waals surface area contributed by atoms with Gasteiger partial charge in [0.1, 0.15) is 16.4 Å². The Morgan fingerprint density at radius 3 is 2.68 bits per heavy atom. The molecule has 0 radical (unpaired) electrons. The molecule has 0 bridgehead atoms. The van der Waals surface area contributed by atoms with Gasteiger partial charge in [0.25, 0.3) is 0 Å². The number of aromatic nitrogens is 3. The standard InChI is InChI=1S/C18H26FN3O4S2/c1-14(12-25-2)22-17(13-26-16-9-5-4-8-15(16)19)20-21-18(22)27-10-6-7-11-28(3,23)24/h4-5,8-9,14H,6-7,10-13H2,1-3H3. The second kappa shape index (κ2) is 10.8. The molecule has 1 atom stereocenters. The third kappa shape index (κ3) is 7.06. The molecule has 1 heterocycles. The van der Waals surface area contributed by atoms with Crippen LogP contribution in [0.15, 0.2) is 29.4 Å². The van der Waals surface area contributed by atoms with E-state index in [2.05, 4.69) is 10.2 Å². The van der Waals surface area contributed by atoms with Gasteiger partial charge in [0, 0.05) is 24.9 Å². The highest BCUT2D eigenvalue weighted by atomic mass is 32.2. The summed E-state index contributed by atoms with van der Waals surface area (Å²) in [4.78, 5) is 0. The number of ether oxygens (including phenoxy) is 2. The second-order valence-corrected chi connectivity index (χ2v) is 9.80. The lowest BCUT2D eigenvalue weighted by Crippen LogP contribution is -2.17. The van der Waals surface area contributed by atoms with Gasteiger partial charge in [0.15, 0.2) is 22.5 Å². The largest absolute Gasteiger partial charge is 0.483 e. The molecule has 2 rings (SSSR count). The first-order chi connectivity index (χ1) is 13.3. The molecule has 0 spiro atoms. The molecule has 1 aromatic heterocycles. The van der Waals surface area contributed by atoms with Crippen molar-refractivity contribution in [3.63, 3.8) is 0 Å². The first-order valence-electron chi connectivity index (χ1n) is 8.92. The summed E-state index contributed by atoms with van der Waals surface area (Å²) in [6.07, 6.45) is 2.60. The minimum atomic E-state index is -2.94. The number of unbranched alkanes of at least 4 members (excludes halogenated alkanes) is 1. The number of nitrogens with zero attached hydrogens (tertiary/aromatic N) is 3. The van der Waals surface area contributed by atoms with Gasteiger partial charge in [-0.1, -0.05) is 23.9 Å². The summed E-state index contributed by atoms with van der Waals surface area (Å²) in [7, 11) is -1.32. The van der Waals surface area contributed by atoms with E-state index in [9.17, 15) is 12.8 Å². The Kier molecular flexibility index (Phi) is 8.71. The molecule has 2 aromatic rings. The average molecular weight is 432 g/mol. The molecule has 0 saturated heterocycles. The third-order valence-electron chi connectivity index (χ3n) is 3.92. The lowest BCUT2D eigenvalue weighted by atomic mass is 10.3. The molecule has 0 N–H and O–H groups in total. The number of thioether (sulfide) groups is 1. The fraction of sp³-hybridized carbons (Fsp3) is 0.556. The van der Waals surface area contributed by atoms with E-state index in [0.29, 0.717) is 24.0 Å². The Hall–Kier alpha value is -1.65. The fourth-order valence-electron chi connectivity index (χ4n) is 2.60. The number of sulfone groups is 1. The van der Waals surface area contributed by atoms with Crippen molar-refractivity contribution in [1.82, 2.24) is 14.8 Å². The number of halogens is 1. The molecular formula is C18H26FN3O4S2. The van der Waals surface area contributed by atoms with Crippen molar-refractivity contribution in [2.24, 2.45) is 0 Å². The number of benzene rings is 1. The summed E-state index contributed by atoms with van der Waals surface area (Å²) >= 11 is 1.51. The zero-order valence-corrected chi connectivity index (χ0v) is 17.9. The number of hydrogen-bond acceptors (Lipinski definition) is 7. The van der Waals surface area contributed by atoms with Gasteiger partial charge >= 0.3 is 0 Å². The zero-order valence-electron chi connectivity index (χ0n) is 16.3. The van der Waals surface area contributed by atoms with E-state index in [-0.39, 0.29) is 24.2 Å². The maximum absolute atomic E-state index is 13.8. The molecule has 0 saturated carbocycles. The van der Waals surface area contributed by atoms with Crippen LogP contribution in [0.3, 0.4) is 0 Å². The third-order valence-corrected chi connectivity index (χ3v) is 5.98. The predicted molar refractivity (Wildman–Crippen MR) is 107 cm³/mol. The maximum Gasteiger partial charge on any atom is 0.191 e. The van der Waals surface area contributed by atoms with Crippen molar-refractivity contribution in [2.45, 2.75) is 37.6 Å². The van der Waals surface area contributed by atoms with Crippen molar-refractivity contribution in [3.8, 4) is 5.75 Å². The summed E-state index contributed by atoms with van der Waals surface area (Å²) in [5.74, 6) is 1.21.